The molecule has 7 nitrogen and oxygen atoms in total. The number of carbonyl (C=O) groups is 1. The van der Waals surface area contributed by atoms with Gasteiger partial charge in [0.2, 0.25) is 0 Å². The lowest BCUT2D eigenvalue weighted by Gasteiger charge is -2.37. The van der Waals surface area contributed by atoms with Crippen LogP contribution in [0.2, 0.25) is 0 Å². The molecule has 7 heteroatoms. The van der Waals surface area contributed by atoms with E-state index in [2.05, 4.69) is 5.32 Å². The summed E-state index contributed by atoms with van der Waals surface area (Å²) >= 11 is 0. The van der Waals surface area contributed by atoms with E-state index < -0.39 is 4.92 Å². The zero-order valence-electron chi connectivity index (χ0n) is 11.4. The number of piperidine rings is 1. The number of carbonyl (C=O) groups excluding carboxylic acids is 1. The summed E-state index contributed by atoms with van der Waals surface area (Å²) in [6, 6.07) is 5.78. The summed E-state index contributed by atoms with van der Waals surface area (Å²) in [5, 5.41) is 23.1. The normalized spacial score (nSPS) is 27.5. The maximum Gasteiger partial charge on any atom is 0.322 e. The average molecular weight is 291 g/mol. The van der Waals surface area contributed by atoms with Gasteiger partial charge >= 0.3 is 6.03 Å². The summed E-state index contributed by atoms with van der Waals surface area (Å²) in [6.07, 6.45) is 2.80. The van der Waals surface area contributed by atoms with Crippen molar-refractivity contribution in [2.45, 2.75) is 43.9 Å². The fraction of sp³-hybridized carbons (Fsp3) is 0.500. The second-order valence-corrected chi connectivity index (χ2v) is 5.65. The smallest absolute Gasteiger partial charge is 0.322 e. The molecule has 2 aliphatic rings. The molecule has 21 heavy (non-hydrogen) atoms. The van der Waals surface area contributed by atoms with Gasteiger partial charge in [-0.3, -0.25) is 10.1 Å². The van der Waals surface area contributed by atoms with Crippen LogP contribution in [0.25, 0.3) is 0 Å². The fourth-order valence-corrected chi connectivity index (χ4v) is 3.33. The van der Waals surface area contributed by atoms with Crippen molar-refractivity contribution in [2.75, 3.05) is 5.32 Å². The Morgan fingerprint density at radius 1 is 1.24 bits per heavy atom. The van der Waals surface area contributed by atoms with Crippen LogP contribution >= 0.6 is 0 Å². The predicted octanol–water partition coefficient (Wildman–Crippen LogP) is 2.11. The van der Waals surface area contributed by atoms with Gasteiger partial charge in [-0.25, -0.2) is 4.79 Å². The summed E-state index contributed by atoms with van der Waals surface area (Å²) in [5.41, 5.74) is 0.533. The van der Waals surface area contributed by atoms with Gasteiger partial charge in [0.25, 0.3) is 5.69 Å². The number of hydrogen-bond donors (Lipinski definition) is 2. The van der Waals surface area contributed by atoms with E-state index in [0.29, 0.717) is 18.5 Å². The molecule has 2 heterocycles. The van der Waals surface area contributed by atoms with Crippen LogP contribution in [0.3, 0.4) is 0 Å². The molecule has 2 N–H and O–H groups in total. The number of rotatable bonds is 2. The first-order valence-corrected chi connectivity index (χ1v) is 7.06. The summed E-state index contributed by atoms with van der Waals surface area (Å²) in [4.78, 5) is 24.3. The highest BCUT2D eigenvalue weighted by Gasteiger charge is 2.42. The minimum atomic E-state index is -0.474. The first-order chi connectivity index (χ1) is 10.0. The van der Waals surface area contributed by atoms with Gasteiger partial charge in [-0.2, -0.15) is 0 Å². The van der Waals surface area contributed by atoms with Gasteiger partial charge in [0, 0.05) is 29.9 Å². The van der Waals surface area contributed by atoms with E-state index in [9.17, 15) is 20.0 Å². The minimum Gasteiger partial charge on any atom is -0.393 e. The Hall–Kier alpha value is -2.15. The molecule has 1 aromatic carbocycles. The highest BCUT2D eigenvalue weighted by Crippen LogP contribution is 2.36. The number of fused-ring (bicyclic) bond motifs is 2. The quantitative estimate of drug-likeness (QED) is 0.644. The number of nitrogens with zero attached hydrogens (tertiary/aromatic N) is 2. The van der Waals surface area contributed by atoms with Crippen LogP contribution in [0.5, 0.6) is 0 Å². The number of aliphatic hydroxyl groups is 1. The van der Waals surface area contributed by atoms with E-state index >= 15 is 0 Å². The highest BCUT2D eigenvalue weighted by atomic mass is 16.6. The molecular formula is C14H17N3O4. The van der Waals surface area contributed by atoms with Crippen molar-refractivity contribution in [3.8, 4) is 0 Å². The maximum atomic E-state index is 12.4. The van der Waals surface area contributed by atoms with Gasteiger partial charge in [-0.05, 0) is 37.8 Å². The minimum absolute atomic E-state index is 0.00540. The van der Waals surface area contributed by atoms with Gasteiger partial charge < -0.3 is 15.3 Å². The van der Waals surface area contributed by atoms with Gasteiger partial charge in [-0.1, -0.05) is 0 Å². The van der Waals surface area contributed by atoms with E-state index in [4.69, 9.17) is 0 Å². The summed E-state index contributed by atoms with van der Waals surface area (Å²) in [7, 11) is 0. The number of nitro groups is 1. The van der Waals surface area contributed by atoms with Crippen molar-refractivity contribution in [3.63, 3.8) is 0 Å². The second kappa shape index (κ2) is 5.33. The number of nitro benzene ring substituents is 1. The van der Waals surface area contributed by atoms with E-state index in [1.165, 1.54) is 24.3 Å². The third-order valence-corrected chi connectivity index (χ3v) is 4.27. The molecule has 112 valence electrons. The molecule has 0 saturated carbocycles. The van der Waals surface area contributed by atoms with Crippen LogP contribution in [-0.2, 0) is 0 Å². The number of urea groups is 1. The standard InChI is InChI=1S/C14H17N3O4/c18-13-7-11-5-6-12(8-13)16(11)14(19)15-9-1-3-10(4-2-9)17(20)21/h1-4,11-13,18H,5-8H2,(H,15,19). The highest BCUT2D eigenvalue weighted by molar-refractivity contribution is 5.90. The van der Waals surface area contributed by atoms with Crippen LogP contribution in [0, 0.1) is 10.1 Å². The number of nitrogens with one attached hydrogen (secondary N) is 1. The van der Waals surface area contributed by atoms with Crippen LogP contribution in [0.4, 0.5) is 16.2 Å². The number of hydrogen-bond acceptors (Lipinski definition) is 4. The Morgan fingerprint density at radius 2 is 1.81 bits per heavy atom. The molecule has 2 unspecified atom stereocenters. The molecule has 0 spiro atoms. The lowest BCUT2D eigenvalue weighted by atomic mass is 10.0. The molecular weight excluding hydrogens is 274 g/mol. The summed E-state index contributed by atoms with van der Waals surface area (Å²) in [6.45, 7) is 0. The largest absolute Gasteiger partial charge is 0.393 e. The molecule has 0 aliphatic carbocycles. The molecule has 2 fully saturated rings. The van der Waals surface area contributed by atoms with Gasteiger partial charge in [-0.15, -0.1) is 0 Å². The lowest BCUT2D eigenvalue weighted by Crippen LogP contribution is -2.49. The average Bonchev–Trinajstić information content (AvgIpc) is 2.72. The van der Waals surface area contributed by atoms with Crippen molar-refractivity contribution >= 4 is 17.4 Å². The molecule has 3 rings (SSSR count). The van der Waals surface area contributed by atoms with Crippen molar-refractivity contribution in [3.05, 3.63) is 34.4 Å². The number of amides is 2. The molecule has 0 radical (unpaired) electrons. The van der Waals surface area contributed by atoms with E-state index in [-0.39, 0.29) is 29.9 Å². The summed E-state index contributed by atoms with van der Waals surface area (Å²) < 4.78 is 0. The molecule has 2 aliphatic heterocycles. The molecule has 2 amide bonds. The van der Waals surface area contributed by atoms with Crippen molar-refractivity contribution in [2.24, 2.45) is 0 Å². The first kappa shape index (κ1) is 13.8. The van der Waals surface area contributed by atoms with Crippen molar-refractivity contribution in [1.29, 1.82) is 0 Å². The monoisotopic (exact) mass is 291 g/mol. The Labute approximate surface area is 121 Å². The molecule has 2 atom stereocenters. The van der Waals surface area contributed by atoms with Crippen molar-refractivity contribution < 1.29 is 14.8 Å². The SMILES string of the molecule is O=C(Nc1ccc([N+](=O)[O-])cc1)N1C2CCC1CC(O)C2. The number of anilines is 1. The maximum absolute atomic E-state index is 12.4. The number of non-ortho nitro benzene ring substituents is 1. The van der Waals surface area contributed by atoms with Crippen LogP contribution in [0.15, 0.2) is 24.3 Å². The molecule has 1 aromatic rings. The van der Waals surface area contributed by atoms with E-state index in [0.717, 1.165) is 12.8 Å². The van der Waals surface area contributed by atoms with Gasteiger partial charge in [0.15, 0.2) is 0 Å². The zero-order valence-corrected chi connectivity index (χ0v) is 11.4. The van der Waals surface area contributed by atoms with Gasteiger partial charge in [0.05, 0.1) is 11.0 Å². The number of benzene rings is 1. The summed E-state index contributed by atoms with van der Waals surface area (Å²) in [5.74, 6) is 0. The van der Waals surface area contributed by atoms with Crippen LogP contribution < -0.4 is 5.32 Å². The molecule has 0 aromatic heterocycles. The number of aliphatic hydroxyl groups excluding tert-OH is 1. The third-order valence-electron chi connectivity index (χ3n) is 4.27. The lowest BCUT2D eigenvalue weighted by molar-refractivity contribution is -0.384. The predicted molar refractivity (Wildman–Crippen MR) is 76.0 cm³/mol. The van der Waals surface area contributed by atoms with E-state index in [1.54, 1.807) is 0 Å². The van der Waals surface area contributed by atoms with Crippen LogP contribution in [0.1, 0.15) is 25.7 Å². The Balaban J connectivity index is 1.68. The zero-order chi connectivity index (χ0) is 15.0. The Bertz CT molecular complexity index is 546. The van der Waals surface area contributed by atoms with Crippen LogP contribution in [-0.4, -0.2) is 39.1 Å². The third kappa shape index (κ3) is 2.69. The van der Waals surface area contributed by atoms with E-state index in [1.807, 2.05) is 4.90 Å². The first-order valence-electron chi connectivity index (χ1n) is 7.06. The van der Waals surface area contributed by atoms with Gasteiger partial charge in [0.1, 0.15) is 0 Å². The molecule has 2 bridgehead atoms. The Morgan fingerprint density at radius 3 is 2.33 bits per heavy atom. The second-order valence-electron chi connectivity index (χ2n) is 5.65. The Kier molecular flexibility index (Phi) is 3.50. The molecule has 2 saturated heterocycles. The fourth-order valence-electron chi connectivity index (χ4n) is 3.33. The topological polar surface area (TPSA) is 95.7 Å². The van der Waals surface area contributed by atoms with Crippen molar-refractivity contribution in [1.82, 2.24) is 4.90 Å².